The Morgan fingerprint density at radius 3 is 2.62 bits per heavy atom. The van der Waals surface area contributed by atoms with E-state index >= 15 is 0 Å². The van der Waals surface area contributed by atoms with Gasteiger partial charge in [-0.3, -0.25) is 5.32 Å². The van der Waals surface area contributed by atoms with Crippen LogP contribution in [0.3, 0.4) is 0 Å². The zero-order valence-electron chi connectivity index (χ0n) is 9.95. The fourth-order valence-corrected chi connectivity index (χ4v) is 3.58. The van der Waals surface area contributed by atoms with Gasteiger partial charge in [0.1, 0.15) is 0 Å². The molecule has 2 rings (SSSR count). The van der Waals surface area contributed by atoms with Crippen LogP contribution in [0.25, 0.3) is 0 Å². The number of nitrogens with zero attached hydrogens (tertiary/aromatic N) is 1. The van der Waals surface area contributed by atoms with Gasteiger partial charge in [0, 0.05) is 6.04 Å². The Balaban J connectivity index is 1.50. The Hall–Kier alpha value is -0.200. The third kappa shape index (κ3) is 4.35. The minimum Gasteiger partial charge on any atom is -0.299 e. The van der Waals surface area contributed by atoms with E-state index in [1.807, 2.05) is 0 Å². The molecule has 1 atom stereocenters. The molecule has 2 saturated carbocycles. The molecule has 1 N–H and O–H groups in total. The average molecular weight is 238 g/mol. The maximum atomic E-state index is 8.99. The Morgan fingerprint density at radius 1 is 1.25 bits per heavy atom. The SMILES string of the molecule is N#CC(CCSCC1CCCC1)NC1CC1. The van der Waals surface area contributed by atoms with Crippen LogP contribution in [0.15, 0.2) is 0 Å². The molecule has 90 valence electrons. The molecule has 0 radical (unpaired) electrons. The summed E-state index contributed by atoms with van der Waals surface area (Å²) in [7, 11) is 0. The lowest BCUT2D eigenvalue weighted by Crippen LogP contribution is -2.30. The summed E-state index contributed by atoms with van der Waals surface area (Å²) in [6.45, 7) is 0. The van der Waals surface area contributed by atoms with Gasteiger partial charge >= 0.3 is 0 Å². The normalized spacial score (nSPS) is 23.2. The van der Waals surface area contributed by atoms with Crippen LogP contribution in [0.2, 0.25) is 0 Å². The van der Waals surface area contributed by atoms with Crippen LogP contribution < -0.4 is 5.32 Å². The smallest absolute Gasteiger partial charge is 0.0963 e. The topological polar surface area (TPSA) is 35.8 Å². The van der Waals surface area contributed by atoms with Gasteiger partial charge < -0.3 is 0 Å². The lowest BCUT2D eigenvalue weighted by Gasteiger charge is -2.11. The van der Waals surface area contributed by atoms with Crippen LogP contribution in [0.4, 0.5) is 0 Å². The van der Waals surface area contributed by atoms with Crippen LogP contribution in [0.5, 0.6) is 0 Å². The van der Waals surface area contributed by atoms with E-state index in [0.29, 0.717) is 6.04 Å². The Labute approximate surface area is 103 Å². The molecular formula is C13H22N2S. The molecule has 0 saturated heterocycles. The molecule has 2 fully saturated rings. The van der Waals surface area contributed by atoms with Crippen molar-refractivity contribution in [3.8, 4) is 6.07 Å². The van der Waals surface area contributed by atoms with E-state index in [0.717, 1.165) is 18.1 Å². The van der Waals surface area contributed by atoms with Crippen molar-refractivity contribution in [1.82, 2.24) is 5.32 Å². The highest BCUT2D eigenvalue weighted by Crippen LogP contribution is 2.28. The average Bonchev–Trinajstić information content (AvgIpc) is 2.96. The summed E-state index contributed by atoms with van der Waals surface area (Å²) in [6, 6.07) is 3.13. The molecule has 3 heteroatoms. The quantitative estimate of drug-likeness (QED) is 0.693. The van der Waals surface area contributed by atoms with Gasteiger partial charge in [-0.15, -0.1) is 0 Å². The molecule has 0 aromatic heterocycles. The highest BCUT2D eigenvalue weighted by atomic mass is 32.2. The maximum Gasteiger partial charge on any atom is 0.0963 e. The van der Waals surface area contributed by atoms with E-state index in [9.17, 15) is 0 Å². The first-order valence-corrected chi connectivity index (χ1v) is 7.77. The first-order valence-electron chi connectivity index (χ1n) is 6.62. The first kappa shape index (κ1) is 12.3. The Kier molecular flexibility index (Phi) is 4.99. The molecule has 2 aliphatic carbocycles. The van der Waals surface area contributed by atoms with Crippen LogP contribution in [0.1, 0.15) is 44.9 Å². The molecule has 0 bridgehead atoms. The van der Waals surface area contributed by atoms with Crippen molar-refractivity contribution >= 4 is 11.8 Å². The summed E-state index contributed by atoms with van der Waals surface area (Å²) in [6.07, 6.45) is 9.32. The third-order valence-electron chi connectivity index (χ3n) is 3.55. The number of nitriles is 1. The molecule has 0 aromatic rings. The van der Waals surface area contributed by atoms with E-state index in [1.165, 1.54) is 44.3 Å². The molecular weight excluding hydrogens is 216 g/mol. The van der Waals surface area contributed by atoms with Crippen LogP contribution >= 0.6 is 11.8 Å². The summed E-state index contributed by atoms with van der Waals surface area (Å²) < 4.78 is 0. The number of nitrogens with one attached hydrogen (secondary N) is 1. The van der Waals surface area contributed by atoms with E-state index in [4.69, 9.17) is 5.26 Å². The molecule has 2 aliphatic rings. The fourth-order valence-electron chi connectivity index (χ4n) is 2.35. The van der Waals surface area contributed by atoms with Gasteiger partial charge in [-0.25, -0.2) is 0 Å². The van der Waals surface area contributed by atoms with Crippen molar-refractivity contribution in [2.45, 2.75) is 57.0 Å². The van der Waals surface area contributed by atoms with Crippen molar-refractivity contribution < 1.29 is 0 Å². The minimum atomic E-state index is 0.101. The molecule has 16 heavy (non-hydrogen) atoms. The van der Waals surface area contributed by atoms with Gasteiger partial charge in [0.15, 0.2) is 0 Å². The van der Waals surface area contributed by atoms with E-state index in [1.54, 1.807) is 0 Å². The van der Waals surface area contributed by atoms with Gasteiger partial charge in [0.25, 0.3) is 0 Å². The highest BCUT2D eigenvalue weighted by molar-refractivity contribution is 7.99. The molecule has 1 unspecified atom stereocenters. The standard InChI is InChI=1S/C13H22N2S/c14-9-13(15-12-5-6-12)7-8-16-10-11-3-1-2-4-11/h11-13,15H,1-8,10H2. The van der Waals surface area contributed by atoms with Crippen LogP contribution in [-0.4, -0.2) is 23.6 Å². The molecule has 2 nitrogen and oxygen atoms in total. The number of thioether (sulfide) groups is 1. The summed E-state index contributed by atoms with van der Waals surface area (Å²) in [4.78, 5) is 0. The summed E-state index contributed by atoms with van der Waals surface area (Å²) in [5, 5.41) is 12.4. The summed E-state index contributed by atoms with van der Waals surface area (Å²) >= 11 is 2.05. The minimum absolute atomic E-state index is 0.101. The van der Waals surface area contributed by atoms with Crippen LogP contribution in [0, 0.1) is 17.2 Å². The lowest BCUT2D eigenvalue weighted by atomic mass is 10.1. The van der Waals surface area contributed by atoms with Crippen molar-refractivity contribution in [2.24, 2.45) is 5.92 Å². The number of rotatable bonds is 7. The second-order valence-corrected chi connectivity index (χ2v) is 6.29. The second kappa shape index (κ2) is 6.51. The fraction of sp³-hybridized carbons (Fsp3) is 0.923. The zero-order valence-corrected chi connectivity index (χ0v) is 10.8. The van der Waals surface area contributed by atoms with Crippen molar-refractivity contribution in [1.29, 1.82) is 5.26 Å². The zero-order chi connectivity index (χ0) is 11.2. The van der Waals surface area contributed by atoms with E-state index < -0.39 is 0 Å². The van der Waals surface area contributed by atoms with Crippen LogP contribution in [-0.2, 0) is 0 Å². The molecule has 0 spiro atoms. The van der Waals surface area contributed by atoms with Gasteiger partial charge in [-0.1, -0.05) is 12.8 Å². The highest BCUT2D eigenvalue weighted by Gasteiger charge is 2.24. The van der Waals surface area contributed by atoms with Gasteiger partial charge in [-0.2, -0.15) is 17.0 Å². The summed E-state index contributed by atoms with van der Waals surface area (Å²) in [5.74, 6) is 3.44. The Morgan fingerprint density at radius 2 is 2.00 bits per heavy atom. The first-order chi connectivity index (χ1) is 7.88. The molecule has 0 aliphatic heterocycles. The summed E-state index contributed by atoms with van der Waals surface area (Å²) in [5.41, 5.74) is 0. The Bertz CT molecular complexity index is 239. The third-order valence-corrected chi connectivity index (χ3v) is 4.78. The van der Waals surface area contributed by atoms with E-state index in [2.05, 4.69) is 23.1 Å². The predicted molar refractivity (Wildman–Crippen MR) is 69.5 cm³/mol. The van der Waals surface area contributed by atoms with Gasteiger partial charge in [-0.05, 0) is 49.5 Å². The van der Waals surface area contributed by atoms with Crippen molar-refractivity contribution in [3.63, 3.8) is 0 Å². The molecule has 0 amide bonds. The van der Waals surface area contributed by atoms with Gasteiger partial charge in [0.2, 0.25) is 0 Å². The number of hydrogen-bond donors (Lipinski definition) is 1. The number of hydrogen-bond acceptors (Lipinski definition) is 3. The predicted octanol–water partition coefficient (Wildman–Crippen LogP) is 2.94. The van der Waals surface area contributed by atoms with Crippen molar-refractivity contribution in [2.75, 3.05) is 11.5 Å². The second-order valence-electron chi connectivity index (χ2n) is 5.14. The van der Waals surface area contributed by atoms with Crippen molar-refractivity contribution in [3.05, 3.63) is 0 Å². The monoisotopic (exact) mass is 238 g/mol. The molecule has 0 heterocycles. The lowest BCUT2D eigenvalue weighted by molar-refractivity contribution is 0.585. The largest absolute Gasteiger partial charge is 0.299 e. The van der Waals surface area contributed by atoms with Gasteiger partial charge in [0.05, 0.1) is 12.1 Å². The molecule has 0 aromatic carbocycles. The maximum absolute atomic E-state index is 8.99. The van der Waals surface area contributed by atoms with E-state index in [-0.39, 0.29) is 6.04 Å².